The zero-order valence-corrected chi connectivity index (χ0v) is 16.2. The summed E-state index contributed by atoms with van der Waals surface area (Å²) in [5.74, 6) is 1.61. The predicted molar refractivity (Wildman–Crippen MR) is 105 cm³/mol. The Labute approximate surface area is 161 Å². The van der Waals surface area contributed by atoms with E-state index in [1.807, 2.05) is 18.3 Å². The van der Waals surface area contributed by atoms with E-state index in [0.717, 1.165) is 56.2 Å². The number of ether oxygens (including phenoxy) is 2. The summed E-state index contributed by atoms with van der Waals surface area (Å²) in [6, 6.07) is 10.4. The van der Waals surface area contributed by atoms with Crippen LogP contribution in [0.25, 0.3) is 0 Å². The van der Waals surface area contributed by atoms with Crippen LogP contribution in [0.1, 0.15) is 17.5 Å². The van der Waals surface area contributed by atoms with Crippen molar-refractivity contribution in [2.24, 2.45) is 0 Å². The standard InChI is InChI=1S/C21H29N3O3/c1-26-20-10-18(11-21(12-20)27-2)15-24-8-7-23(16-19(24)5-9-25)14-17-4-3-6-22-13-17/h3-4,6,10-13,19,25H,5,7-9,14-16H2,1-2H3/t19-/m0/s1. The lowest BCUT2D eigenvalue weighted by Crippen LogP contribution is -2.52. The SMILES string of the molecule is COc1cc(CN2CCN(Cc3cccnc3)C[C@@H]2CCO)cc(OC)c1. The zero-order chi connectivity index (χ0) is 19.1. The van der Waals surface area contributed by atoms with Gasteiger partial charge in [0.15, 0.2) is 0 Å². The van der Waals surface area contributed by atoms with Gasteiger partial charge in [-0.3, -0.25) is 14.8 Å². The molecule has 0 aliphatic carbocycles. The highest BCUT2D eigenvalue weighted by molar-refractivity contribution is 5.38. The van der Waals surface area contributed by atoms with Crippen LogP contribution in [0.4, 0.5) is 0 Å². The van der Waals surface area contributed by atoms with Gasteiger partial charge in [0, 0.05) is 63.8 Å². The summed E-state index contributed by atoms with van der Waals surface area (Å²) in [5.41, 5.74) is 2.39. The minimum Gasteiger partial charge on any atom is -0.497 e. The number of hydrogen-bond donors (Lipinski definition) is 1. The highest BCUT2D eigenvalue weighted by Crippen LogP contribution is 2.25. The average molecular weight is 371 g/mol. The number of hydrogen-bond acceptors (Lipinski definition) is 6. The second-order valence-corrected chi connectivity index (χ2v) is 6.95. The van der Waals surface area contributed by atoms with Crippen molar-refractivity contribution in [3.8, 4) is 11.5 Å². The van der Waals surface area contributed by atoms with E-state index in [2.05, 4.69) is 33.0 Å². The van der Waals surface area contributed by atoms with Gasteiger partial charge in [0.1, 0.15) is 11.5 Å². The van der Waals surface area contributed by atoms with Gasteiger partial charge in [-0.25, -0.2) is 0 Å². The first-order valence-corrected chi connectivity index (χ1v) is 9.40. The monoisotopic (exact) mass is 371 g/mol. The molecule has 0 unspecified atom stereocenters. The van der Waals surface area contributed by atoms with Crippen molar-refractivity contribution in [2.75, 3.05) is 40.5 Å². The maximum atomic E-state index is 9.55. The summed E-state index contributed by atoms with van der Waals surface area (Å²) < 4.78 is 10.8. The van der Waals surface area contributed by atoms with Gasteiger partial charge >= 0.3 is 0 Å². The predicted octanol–water partition coefficient (Wildman–Crippen LogP) is 2.17. The smallest absolute Gasteiger partial charge is 0.122 e. The lowest BCUT2D eigenvalue weighted by atomic mass is 10.1. The Hall–Kier alpha value is -2.15. The number of rotatable bonds is 8. The van der Waals surface area contributed by atoms with Gasteiger partial charge in [-0.05, 0) is 35.7 Å². The molecule has 146 valence electrons. The molecular weight excluding hydrogens is 342 g/mol. The van der Waals surface area contributed by atoms with Crippen LogP contribution >= 0.6 is 0 Å². The first kappa shape index (κ1) is 19.6. The summed E-state index contributed by atoms with van der Waals surface area (Å²) in [6.07, 6.45) is 4.50. The molecule has 1 aromatic carbocycles. The van der Waals surface area contributed by atoms with Crippen molar-refractivity contribution >= 4 is 0 Å². The van der Waals surface area contributed by atoms with Crippen molar-refractivity contribution in [3.05, 3.63) is 53.9 Å². The molecule has 2 aromatic rings. The van der Waals surface area contributed by atoms with Crippen molar-refractivity contribution in [2.45, 2.75) is 25.6 Å². The Kier molecular flexibility index (Phi) is 7.04. The van der Waals surface area contributed by atoms with E-state index in [0.29, 0.717) is 6.04 Å². The number of aliphatic hydroxyl groups is 1. The van der Waals surface area contributed by atoms with Gasteiger partial charge in [-0.15, -0.1) is 0 Å². The molecule has 1 atom stereocenters. The lowest BCUT2D eigenvalue weighted by Gasteiger charge is -2.41. The van der Waals surface area contributed by atoms with Crippen molar-refractivity contribution in [1.29, 1.82) is 0 Å². The Balaban J connectivity index is 1.67. The Morgan fingerprint density at radius 1 is 1.07 bits per heavy atom. The molecule has 0 amide bonds. The van der Waals surface area contributed by atoms with E-state index in [-0.39, 0.29) is 6.61 Å². The van der Waals surface area contributed by atoms with Crippen LogP contribution in [0.3, 0.4) is 0 Å². The molecular formula is C21H29N3O3. The highest BCUT2D eigenvalue weighted by Gasteiger charge is 2.27. The third kappa shape index (κ3) is 5.42. The van der Waals surface area contributed by atoms with E-state index in [1.54, 1.807) is 20.4 Å². The van der Waals surface area contributed by atoms with Gasteiger partial charge in [-0.1, -0.05) is 6.07 Å². The van der Waals surface area contributed by atoms with Crippen LogP contribution in [0.15, 0.2) is 42.7 Å². The van der Waals surface area contributed by atoms with E-state index in [4.69, 9.17) is 9.47 Å². The number of aliphatic hydroxyl groups excluding tert-OH is 1. The molecule has 0 spiro atoms. The molecule has 1 aromatic heterocycles. The summed E-state index contributed by atoms with van der Waals surface area (Å²) in [7, 11) is 3.34. The molecule has 1 saturated heterocycles. The van der Waals surface area contributed by atoms with Crippen LogP contribution in [-0.4, -0.2) is 66.4 Å². The average Bonchev–Trinajstić information content (AvgIpc) is 2.70. The molecule has 1 fully saturated rings. The van der Waals surface area contributed by atoms with Crippen LogP contribution in [0.5, 0.6) is 11.5 Å². The molecule has 3 rings (SSSR count). The van der Waals surface area contributed by atoms with Crippen LogP contribution < -0.4 is 9.47 Å². The molecule has 1 aliphatic heterocycles. The van der Waals surface area contributed by atoms with E-state index in [1.165, 1.54) is 5.56 Å². The summed E-state index contributed by atoms with van der Waals surface area (Å²) in [5, 5.41) is 9.55. The fraction of sp³-hybridized carbons (Fsp3) is 0.476. The molecule has 0 radical (unpaired) electrons. The maximum Gasteiger partial charge on any atom is 0.122 e. The fourth-order valence-electron chi connectivity index (χ4n) is 3.67. The third-order valence-electron chi connectivity index (χ3n) is 5.08. The van der Waals surface area contributed by atoms with E-state index >= 15 is 0 Å². The number of pyridine rings is 1. The number of methoxy groups -OCH3 is 2. The van der Waals surface area contributed by atoms with Crippen LogP contribution in [-0.2, 0) is 13.1 Å². The quantitative estimate of drug-likeness (QED) is 0.768. The molecule has 6 heteroatoms. The number of nitrogens with zero attached hydrogens (tertiary/aromatic N) is 3. The van der Waals surface area contributed by atoms with Crippen molar-refractivity contribution < 1.29 is 14.6 Å². The van der Waals surface area contributed by atoms with E-state index < -0.39 is 0 Å². The van der Waals surface area contributed by atoms with Crippen molar-refractivity contribution in [3.63, 3.8) is 0 Å². The Morgan fingerprint density at radius 3 is 2.48 bits per heavy atom. The largest absolute Gasteiger partial charge is 0.497 e. The second-order valence-electron chi connectivity index (χ2n) is 6.95. The van der Waals surface area contributed by atoms with Gasteiger partial charge in [0.25, 0.3) is 0 Å². The minimum atomic E-state index is 0.198. The minimum absolute atomic E-state index is 0.198. The van der Waals surface area contributed by atoms with Crippen molar-refractivity contribution in [1.82, 2.24) is 14.8 Å². The maximum absolute atomic E-state index is 9.55. The Bertz CT molecular complexity index is 689. The van der Waals surface area contributed by atoms with E-state index in [9.17, 15) is 5.11 Å². The molecule has 1 N–H and O–H groups in total. The summed E-state index contributed by atoms with van der Waals surface area (Å²) in [4.78, 5) is 9.10. The number of piperazine rings is 1. The van der Waals surface area contributed by atoms with Gasteiger partial charge in [0.05, 0.1) is 14.2 Å². The second kappa shape index (κ2) is 9.69. The van der Waals surface area contributed by atoms with Gasteiger partial charge in [-0.2, -0.15) is 0 Å². The molecule has 0 bridgehead atoms. The van der Waals surface area contributed by atoms with Gasteiger partial charge in [0.2, 0.25) is 0 Å². The molecule has 1 aliphatic rings. The lowest BCUT2D eigenvalue weighted by molar-refractivity contribution is 0.0498. The first-order chi connectivity index (χ1) is 13.2. The molecule has 27 heavy (non-hydrogen) atoms. The topological polar surface area (TPSA) is 58.1 Å². The zero-order valence-electron chi connectivity index (χ0n) is 16.2. The molecule has 6 nitrogen and oxygen atoms in total. The van der Waals surface area contributed by atoms with Crippen LogP contribution in [0, 0.1) is 0 Å². The molecule has 0 saturated carbocycles. The number of aromatic nitrogens is 1. The highest BCUT2D eigenvalue weighted by atomic mass is 16.5. The fourth-order valence-corrected chi connectivity index (χ4v) is 3.67. The third-order valence-corrected chi connectivity index (χ3v) is 5.08. The molecule has 2 heterocycles. The normalized spacial score (nSPS) is 18.4. The first-order valence-electron chi connectivity index (χ1n) is 9.40. The van der Waals surface area contributed by atoms with Crippen LogP contribution in [0.2, 0.25) is 0 Å². The number of benzene rings is 1. The Morgan fingerprint density at radius 2 is 1.85 bits per heavy atom. The van der Waals surface area contributed by atoms with Gasteiger partial charge < -0.3 is 14.6 Å². The summed E-state index contributed by atoms with van der Waals surface area (Å²) in [6.45, 7) is 4.82. The summed E-state index contributed by atoms with van der Waals surface area (Å²) >= 11 is 0.